The second-order valence-electron chi connectivity index (χ2n) is 13.1. The van der Waals surface area contributed by atoms with E-state index in [1.807, 2.05) is 32.9 Å². The number of ether oxygens (including phenoxy) is 3. The van der Waals surface area contributed by atoms with Crippen molar-refractivity contribution in [3.8, 4) is 0 Å². The van der Waals surface area contributed by atoms with Crippen LogP contribution in [0, 0.1) is 39.9 Å². The fourth-order valence-electron chi connectivity index (χ4n) is 8.48. The summed E-state index contributed by atoms with van der Waals surface area (Å²) in [7, 11) is 1.35. The maximum absolute atomic E-state index is 14.4. The summed E-state index contributed by atoms with van der Waals surface area (Å²) >= 11 is 0. The Bertz CT molecular complexity index is 1290. The molecule has 1 aromatic heterocycles. The van der Waals surface area contributed by atoms with Crippen LogP contribution in [0.1, 0.15) is 78.9 Å². The fourth-order valence-corrected chi connectivity index (χ4v) is 8.48. The number of allylic oxidation sites excluding steroid dienone is 2. The second-order valence-corrected chi connectivity index (χ2v) is 13.1. The summed E-state index contributed by atoms with van der Waals surface area (Å²) in [6.45, 7) is 11.5. The Kier molecular flexibility index (Phi) is 6.91. The zero-order valence-electron chi connectivity index (χ0n) is 24.4. The first-order chi connectivity index (χ1) is 18.8. The summed E-state index contributed by atoms with van der Waals surface area (Å²) in [5.41, 5.74) is 0.283. The number of hydrogen-bond donors (Lipinski definition) is 0. The monoisotopic (exact) mass is 552 g/mol. The lowest BCUT2D eigenvalue weighted by Crippen LogP contribution is -2.66. The molecule has 3 fully saturated rings. The number of carbonyl (C=O) groups is 4. The quantitative estimate of drug-likeness (QED) is 0.203. The molecule has 1 aliphatic heterocycles. The van der Waals surface area contributed by atoms with Crippen LogP contribution in [0.4, 0.5) is 0 Å². The molecule has 3 aliphatic carbocycles. The van der Waals surface area contributed by atoms with Crippen LogP contribution in [-0.4, -0.2) is 36.9 Å². The van der Waals surface area contributed by atoms with Gasteiger partial charge in [0, 0.05) is 33.8 Å². The Morgan fingerprint density at radius 3 is 2.50 bits per heavy atom. The van der Waals surface area contributed by atoms with Gasteiger partial charge in [-0.3, -0.25) is 14.4 Å². The molecule has 2 bridgehead atoms. The van der Waals surface area contributed by atoms with Crippen LogP contribution in [0.25, 0.3) is 0 Å². The molecule has 1 saturated heterocycles. The minimum Gasteiger partial charge on any atom is -0.472 e. The van der Waals surface area contributed by atoms with E-state index in [1.165, 1.54) is 7.11 Å². The first-order valence-corrected chi connectivity index (χ1v) is 14.2. The average molecular weight is 553 g/mol. The van der Waals surface area contributed by atoms with Gasteiger partial charge in [0.15, 0.2) is 0 Å². The second kappa shape index (κ2) is 9.74. The van der Waals surface area contributed by atoms with Gasteiger partial charge >= 0.3 is 17.9 Å². The third kappa shape index (κ3) is 4.00. The van der Waals surface area contributed by atoms with Crippen LogP contribution in [0.15, 0.2) is 46.3 Å². The number of fused-ring (bicyclic) bond motifs is 6. The van der Waals surface area contributed by atoms with E-state index in [9.17, 15) is 19.2 Å². The third-order valence-electron chi connectivity index (χ3n) is 10.8. The standard InChI is InChI=1S/C32H40O8/c1-8-17(2)29(36)40-28-20-13-19-21(32(6,26(20)35)23(30(28,3)4)15-24(33)37-7)9-11-31(5)22(19)14-25(34)39-27(31)18-10-12-38-16-18/h8,10,12-13,16,20-23,27-28H,9,11,14-15H2,1-7H3/t20-,21-,22-,23-,27-,28+,31+,32-/m0/s1. The van der Waals surface area contributed by atoms with Gasteiger partial charge in [0.05, 0.1) is 32.0 Å². The molecule has 0 unspecified atom stereocenters. The lowest BCUT2D eigenvalue weighted by molar-refractivity contribution is -0.195. The van der Waals surface area contributed by atoms with Gasteiger partial charge in [-0.15, -0.1) is 0 Å². The summed E-state index contributed by atoms with van der Waals surface area (Å²) in [5.74, 6) is -2.66. The Morgan fingerprint density at radius 1 is 1.15 bits per heavy atom. The highest BCUT2D eigenvalue weighted by atomic mass is 16.6. The number of hydrogen-bond acceptors (Lipinski definition) is 8. The fraction of sp³-hybridized carbons (Fsp3) is 0.625. The molecular weight excluding hydrogens is 512 g/mol. The van der Waals surface area contributed by atoms with E-state index in [2.05, 4.69) is 6.92 Å². The Hall–Kier alpha value is -3.16. The Labute approximate surface area is 235 Å². The zero-order valence-corrected chi connectivity index (χ0v) is 24.4. The topological polar surface area (TPSA) is 109 Å². The van der Waals surface area contributed by atoms with Crippen LogP contribution < -0.4 is 0 Å². The number of Topliss-reactive ketones (excluding diaryl/α,β-unsaturated/α-hetero) is 1. The Morgan fingerprint density at radius 2 is 1.88 bits per heavy atom. The maximum atomic E-state index is 14.4. The van der Waals surface area contributed by atoms with Crippen LogP contribution in [-0.2, 0) is 33.4 Å². The van der Waals surface area contributed by atoms with Crippen molar-refractivity contribution >= 4 is 23.7 Å². The third-order valence-corrected chi connectivity index (χ3v) is 10.8. The molecule has 216 valence electrons. The number of ketones is 1. The van der Waals surface area contributed by atoms with E-state index >= 15 is 0 Å². The van der Waals surface area contributed by atoms with E-state index in [0.717, 1.165) is 17.6 Å². The highest BCUT2D eigenvalue weighted by Crippen LogP contribution is 2.68. The molecule has 40 heavy (non-hydrogen) atoms. The number of carbonyl (C=O) groups excluding carboxylic acids is 4. The van der Waals surface area contributed by atoms with E-state index in [-0.39, 0.29) is 36.4 Å². The smallest absolute Gasteiger partial charge is 0.333 e. The largest absolute Gasteiger partial charge is 0.472 e. The molecule has 8 heteroatoms. The van der Waals surface area contributed by atoms with Crippen molar-refractivity contribution in [1.82, 2.24) is 0 Å². The summed E-state index contributed by atoms with van der Waals surface area (Å²) in [6.07, 6.45) is 7.30. The van der Waals surface area contributed by atoms with Crippen LogP contribution >= 0.6 is 0 Å². The van der Waals surface area contributed by atoms with Gasteiger partial charge < -0.3 is 18.6 Å². The number of cyclic esters (lactones) is 1. The van der Waals surface area contributed by atoms with E-state index in [4.69, 9.17) is 18.6 Å². The minimum atomic E-state index is -0.904. The summed E-state index contributed by atoms with van der Waals surface area (Å²) in [6, 6.07) is 1.83. The van der Waals surface area contributed by atoms with Gasteiger partial charge in [0.25, 0.3) is 0 Å². The predicted molar refractivity (Wildman–Crippen MR) is 144 cm³/mol. The van der Waals surface area contributed by atoms with Gasteiger partial charge in [-0.25, -0.2) is 4.79 Å². The molecule has 2 heterocycles. The highest BCUT2D eigenvalue weighted by molar-refractivity contribution is 5.94. The van der Waals surface area contributed by atoms with Crippen molar-refractivity contribution in [2.24, 2.45) is 39.9 Å². The highest BCUT2D eigenvalue weighted by Gasteiger charge is 2.69. The number of esters is 3. The van der Waals surface area contributed by atoms with E-state index in [1.54, 1.807) is 32.4 Å². The van der Waals surface area contributed by atoms with Gasteiger partial charge in [0.1, 0.15) is 18.0 Å². The van der Waals surface area contributed by atoms with Crippen LogP contribution in [0.2, 0.25) is 0 Å². The summed E-state index contributed by atoms with van der Waals surface area (Å²) in [4.78, 5) is 53.3. The SMILES string of the molecule is CC=C(C)C(=O)O[C@@H]1[C@H]2C=C3[C@@H]4CC(=O)O[C@@H](c5ccoc5)[C@]4(C)CC[C@@H]3[C@](C)(C2=O)[C@@H](CC(=O)OC)C1(C)C. The van der Waals surface area contributed by atoms with Crippen molar-refractivity contribution in [1.29, 1.82) is 0 Å². The molecule has 0 spiro atoms. The summed E-state index contributed by atoms with van der Waals surface area (Å²) in [5, 5.41) is 0. The van der Waals surface area contributed by atoms with Gasteiger partial charge in [-0.05, 0) is 50.5 Å². The number of methoxy groups -OCH3 is 1. The molecule has 0 aromatic carbocycles. The Balaban J connectivity index is 1.66. The molecule has 5 rings (SSSR count). The zero-order chi connectivity index (χ0) is 29.2. The van der Waals surface area contributed by atoms with Crippen molar-refractivity contribution < 1.29 is 37.8 Å². The van der Waals surface area contributed by atoms with Crippen LogP contribution in [0.5, 0.6) is 0 Å². The van der Waals surface area contributed by atoms with Crippen molar-refractivity contribution in [3.05, 3.63) is 47.5 Å². The normalized spacial score (nSPS) is 38.4. The molecule has 8 nitrogen and oxygen atoms in total. The molecule has 0 N–H and O–H groups in total. The predicted octanol–water partition coefficient (Wildman–Crippen LogP) is 5.53. The van der Waals surface area contributed by atoms with Gasteiger partial charge in [0.2, 0.25) is 0 Å². The lowest BCUT2D eigenvalue weighted by atomic mass is 9.40. The van der Waals surface area contributed by atoms with E-state index in [0.29, 0.717) is 12.0 Å². The van der Waals surface area contributed by atoms with Crippen molar-refractivity contribution in [2.75, 3.05) is 7.11 Å². The van der Waals surface area contributed by atoms with Crippen LogP contribution in [0.3, 0.4) is 0 Å². The van der Waals surface area contributed by atoms with Gasteiger partial charge in [-0.1, -0.05) is 45.4 Å². The summed E-state index contributed by atoms with van der Waals surface area (Å²) < 4.78 is 22.5. The maximum Gasteiger partial charge on any atom is 0.333 e. The average Bonchev–Trinajstić information content (AvgIpc) is 3.45. The molecule has 8 atom stereocenters. The van der Waals surface area contributed by atoms with Crippen molar-refractivity contribution in [3.63, 3.8) is 0 Å². The van der Waals surface area contributed by atoms with Gasteiger partial charge in [-0.2, -0.15) is 0 Å². The number of rotatable bonds is 5. The molecule has 4 aliphatic rings. The molecule has 0 amide bonds. The number of furan rings is 1. The molecule has 2 saturated carbocycles. The molecule has 0 radical (unpaired) electrons. The first kappa shape index (κ1) is 28.4. The minimum absolute atomic E-state index is 0.0150. The lowest BCUT2D eigenvalue weighted by Gasteiger charge is -2.63. The van der Waals surface area contributed by atoms with E-state index < -0.39 is 52.2 Å². The molecule has 1 aromatic rings. The van der Waals surface area contributed by atoms with Crippen molar-refractivity contribution in [2.45, 2.75) is 79.4 Å². The first-order valence-electron chi connectivity index (χ1n) is 14.2. The molecular formula is C32H40O8.